The quantitative estimate of drug-likeness (QED) is 0.790. The lowest BCUT2D eigenvalue weighted by Gasteiger charge is -2.35. The van der Waals surface area contributed by atoms with E-state index in [2.05, 4.69) is 21.9 Å². The van der Waals surface area contributed by atoms with Crippen molar-refractivity contribution < 1.29 is 4.79 Å². The highest BCUT2D eigenvalue weighted by Gasteiger charge is 2.31. The molecule has 2 rings (SSSR count). The van der Waals surface area contributed by atoms with Crippen molar-refractivity contribution >= 4 is 11.6 Å². The Morgan fingerprint density at radius 3 is 2.33 bits per heavy atom. The van der Waals surface area contributed by atoms with E-state index in [1.54, 1.807) is 0 Å². The number of benzene rings is 1. The van der Waals surface area contributed by atoms with Gasteiger partial charge in [-0.05, 0) is 12.1 Å². The molecule has 1 aromatic rings. The number of nitrogens with zero attached hydrogens (tertiary/aromatic N) is 3. The van der Waals surface area contributed by atoms with Crippen LogP contribution in [-0.2, 0) is 4.79 Å². The second-order valence-electron chi connectivity index (χ2n) is 4.26. The van der Waals surface area contributed by atoms with E-state index < -0.39 is 12.1 Å². The lowest BCUT2D eigenvalue weighted by atomic mass is 10.2. The number of primary amides is 1. The monoisotopic (exact) mass is 244 g/mol. The van der Waals surface area contributed by atoms with E-state index in [-0.39, 0.29) is 0 Å². The smallest absolute Gasteiger partial charge is 0.357 e. The molecule has 1 saturated heterocycles. The topological polar surface area (TPSA) is 53.9 Å². The molecular weight excluding hydrogens is 228 g/mol. The summed E-state index contributed by atoms with van der Waals surface area (Å²) >= 11 is 0. The lowest BCUT2D eigenvalue weighted by molar-refractivity contribution is -0.121. The van der Waals surface area contributed by atoms with Gasteiger partial charge in [-0.2, -0.15) is 0 Å². The Hall–Kier alpha value is -2.06. The SMILES string of the molecule is [C-]#[N+]C(C(N)=O)N1CCN(c2ccccc2)CC1. The fraction of sp³-hybridized carbons (Fsp3) is 0.385. The average molecular weight is 244 g/mol. The van der Waals surface area contributed by atoms with Crippen molar-refractivity contribution in [2.24, 2.45) is 5.73 Å². The molecular formula is C13H16N4O. The van der Waals surface area contributed by atoms with Gasteiger partial charge in [0.05, 0.1) is 0 Å². The van der Waals surface area contributed by atoms with E-state index >= 15 is 0 Å². The first-order chi connectivity index (χ1) is 8.72. The number of piperazine rings is 1. The van der Waals surface area contributed by atoms with Crippen LogP contribution in [-0.4, -0.2) is 43.2 Å². The maximum absolute atomic E-state index is 11.1. The highest BCUT2D eigenvalue weighted by molar-refractivity contribution is 5.81. The summed E-state index contributed by atoms with van der Waals surface area (Å²) in [5.74, 6) is -0.557. The summed E-state index contributed by atoms with van der Waals surface area (Å²) in [6, 6.07) is 10.1. The fourth-order valence-electron chi connectivity index (χ4n) is 2.19. The summed E-state index contributed by atoms with van der Waals surface area (Å²) in [5.41, 5.74) is 6.39. The van der Waals surface area contributed by atoms with Crippen LogP contribution >= 0.6 is 0 Å². The highest BCUT2D eigenvalue weighted by atomic mass is 16.1. The Balaban J connectivity index is 1.97. The molecule has 94 valence electrons. The highest BCUT2D eigenvalue weighted by Crippen LogP contribution is 2.16. The van der Waals surface area contributed by atoms with Crippen LogP contribution in [0.3, 0.4) is 0 Å². The molecule has 1 aromatic carbocycles. The third-order valence-corrected chi connectivity index (χ3v) is 3.16. The van der Waals surface area contributed by atoms with Crippen molar-refractivity contribution in [2.75, 3.05) is 31.1 Å². The van der Waals surface area contributed by atoms with Crippen molar-refractivity contribution in [1.29, 1.82) is 0 Å². The molecule has 2 N–H and O–H groups in total. The van der Waals surface area contributed by atoms with Crippen LogP contribution in [0.25, 0.3) is 4.85 Å². The molecule has 0 radical (unpaired) electrons. The normalized spacial score (nSPS) is 18.1. The molecule has 1 heterocycles. The van der Waals surface area contributed by atoms with Gasteiger partial charge in [-0.15, -0.1) is 0 Å². The van der Waals surface area contributed by atoms with E-state index in [9.17, 15) is 4.79 Å². The third kappa shape index (κ3) is 2.60. The number of anilines is 1. The van der Waals surface area contributed by atoms with Crippen molar-refractivity contribution in [3.63, 3.8) is 0 Å². The summed E-state index contributed by atoms with van der Waals surface area (Å²) < 4.78 is 0. The zero-order chi connectivity index (χ0) is 13.0. The minimum Gasteiger partial charge on any atom is -0.369 e. The Bertz CT molecular complexity index is 446. The van der Waals surface area contributed by atoms with Gasteiger partial charge in [0.1, 0.15) is 0 Å². The Labute approximate surface area is 107 Å². The van der Waals surface area contributed by atoms with Gasteiger partial charge in [-0.3, -0.25) is 9.64 Å². The molecule has 18 heavy (non-hydrogen) atoms. The van der Waals surface area contributed by atoms with Gasteiger partial charge in [-0.1, -0.05) is 18.2 Å². The number of para-hydroxylation sites is 1. The van der Waals surface area contributed by atoms with Gasteiger partial charge in [0.2, 0.25) is 0 Å². The summed E-state index contributed by atoms with van der Waals surface area (Å²) in [6.45, 7) is 10.00. The lowest BCUT2D eigenvalue weighted by Crippen LogP contribution is -2.53. The molecule has 5 heteroatoms. The molecule has 1 amide bonds. The molecule has 1 unspecified atom stereocenters. The van der Waals surface area contributed by atoms with Crippen LogP contribution in [0.5, 0.6) is 0 Å². The van der Waals surface area contributed by atoms with Gasteiger partial charge < -0.3 is 10.6 Å². The summed E-state index contributed by atoms with van der Waals surface area (Å²) in [4.78, 5) is 18.5. The molecule has 1 aliphatic rings. The first-order valence-corrected chi connectivity index (χ1v) is 5.92. The van der Waals surface area contributed by atoms with Crippen LogP contribution in [0.4, 0.5) is 5.69 Å². The maximum atomic E-state index is 11.1. The van der Waals surface area contributed by atoms with Crippen molar-refractivity contribution in [2.45, 2.75) is 6.17 Å². The second-order valence-corrected chi connectivity index (χ2v) is 4.26. The fourth-order valence-corrected chi connectivity index (χ4v) is 2.19. The largest absolute Gasteiger partial charge is 0.369 e. The first-order valence-electron chi connectivity index (χ1n) is 5.92. The van der Waals surface area contributed by atoms with E-state index in [1.807, 2.05) is 23.1 Å². The van der Waals surface area contributed by atoms with Crippen LogP contribution in [0, 0.1) is 6.57 Å². The van der Waals surface area contributed by atoms with E-state index in [4.69, 9.17) is 12.3 Å². The third-order valence-electron chi connectivity index (χ3n) is 3.16. The standard InChI is InChI=1S/C13H16N4O/c1-15-13(12(14)18)17-9-7-16(8-10-17)11-5-3-2-4-6-11/h2-6,13H,7-10H2,(H2,14,18). The van der Waals surface area contributed by atoms with E-state index in [1.165, 1.54) is 5.69 Å². The molecule has 1 aliphatic heterocycles. The average Bonchev–Trinajstić information content (AvgIpc) is 2.41. The number of rotatable bonds is 3. The summed E-state index contributed by atoms with van der Waals surface area (Å²) in [6.07, 6.45) is -0.817. The Morgan fingerprint density at radius 2 is 1.83 bits per heavy atom. The van der Waals surface area contributed by atoms with Gasteiger partial charge in [0, 0.05) is 31.9 Å². The number of carbonyl (C=O) groups excluding carboxylic acids is 1. The molecule has 1 atom stereocenters. The zero-order valence-electron chi connectivity index (χ0n) is 10.1. The number of hydrogen-bond acceptors (Lipinski definition) is 3. The minimum absolute atomic E-state index is 0.557. The van der Waals surface area contributed by atoms with Crippen LogP contribution in [0.2, 0.25) is 0 Å². The molecule has 0 saturated carbocycles. The number of amides is 1. The van der Waals surface area contributed by atoms with Gasteiger partial charge in [0.25, 0.3) is 0 Å². The summed E-state index contributed by atoms with van der Waals surface area (Å²) in [5, 5.41) is 0. The van der Waals surface area contributed by atoms with Gasteiger partial charge >= 0.3 is 12.1 Å². The molecule has 0 aliphatic carbocycles. The molecule has 0 bridgehead atoms. The van der Waals surface area contributed by atoms with Crippen molar-refractivity contribution in [1.82, 2.24) is 4.90 Å². The van der Waals surface area contributed by atoms with E-state index in [0.717, 1.165) is 13.1 Å². The Morgan fingerprint density at radius 1 is 1.22 bits per heavy atom. The molecule has 5 nitrogen and oxygen atoms in total. The minimum atomic E-state index is -0.817. The van der Waals surface area contributed by atoms with Crippen LogP contribution in [0.1, 0.15) is 0 Å². The molecule has 0 spiro atoms. The summed E-state index contributed by atoms with van der Waals surface area (Å²) in [7, 11) is 0. The predicted octanol–water partition coefficient (Wildman–Crippen LogP) is 0.539. The maximum Gasteiger partial charge on any atom is 0.357 e. The number of nitrogens with two attached hydrogens (primary N) is 1. The van der Waals surface area contributed by atoms with E-state index in [0.29, 0.717) is 13.1 Å². The number of carbonyl (C=O) groups is 1. The molecule has 1 fully saturated rings. The van der Waals surface area contributed by atoms with Gasteiger partial charge in [0.15, 0.2) is 0 Å². The van der Waals surface area contributed by atoms with Crippen LogP contribution < -0.4 is 10.6 Å². The zero-order valence-corrected chi connectivity index (χ0v) is 10.1. The van der Waals surface area contributed by atoms with Crippen molar-refractivity contribution in [3.8, 4) is 0 Å². The van der Waals surface area contributed by atoms with Gasteiger partial charge in [-0.25, -0.2) is 11.5 Å². The van der Waals surface area contributed by atoms with Crippen molar-refractivity contribution in [3.05, 3.63) is 41.7 Å². The number of hydrogen-bond donors (Lipinski definition) is 1. The Kier molecular flexibility index (Phi) is 3.80. The predicted molar refractivity (Wildman–Crippen MR) is 69.8 cm³/mol. The second kappa shape index (κ2) is 5.52. The van der Waals surface area contributed by atoms with Crippen LogP contribution in [0.15, 0.2) is 30.3 Å². The molecule has 0 aromatic heterocycles. The first kappa shape index (κ1) is 12.4.